The van der Waals surface area contributed by atoms with Crippen LogP contribution in [-0.2, 0) is 4.79 Å². The number of ether oxygens (including phenoxy) is 1. The van der Waals surface area contributed by atoms with Crippen molar-refractivity contribution in [1.29, 1.82) is 0 Å². The zero-order valence-corrected chi connectivity index (χ0v) is 8.97. The number of nitrogens with two attached hydrogens (primary N) is 1. The minimum atomic E-state index is -0.577. The van der Waals surface area contributed by atoms with Crippen LogP contribution in [0.25, 0.3) is 0 Å². The first kappa shape index (κ1) is 12.0. The fourth-order valence-corrected chi connectivity index (χ4v) is 0.951. The van der Waals surface area contributed by atoms with Crippen molar-refractivity contribution in [2.75, 3.05) is 5.73 Å². The van der Waals surface area contributed by atoms with Crippen LogP contribution >= 0.6 is 0 Å². The molecule has 0 aliphatic carbocycles. The normalized spacial score (nSPS) is 10.2. The Labute approximate surface area is 92.2 Å². The minimum absolute atomic E-state index is 0.0212. The van der Waals surface area contributed by atoms with E-state index in [4.69, 9.17) is 10.5 Å². The molecule has 0 saturated heterocycles. The summed E-state index contributed by atoms with van der Waals surface area (Å²) in [6.45, 7) is 3.33. The second kappa shape index (κ2) is 4.61. The average molecular weight is 224 g/mol. The topological polar surface area (TPSA) is 95.5 Å². The van der Waals surface area contributed by atoms with Crippen LogP contribution in [-0.4, -0.2) is 10.9 Å². The van der Waals surface area contributed by atoms with Crippen molar-refractivity contribution in [3.8, 4) is 5.75 Å². The zero-order valence-electron chi connectivity index (χ0n) is 8.97. The van der Waals surface area contributed by atoms with Crippen molar-refractivity contribution >= 4 is 17.3 Å². The van der Waals surface area contributed by atoms with Gasteiger partial charge in [0.05, 0.1) is 22.6 Å². The third-order valence-electron chi connectivity index (χ3n) is 1.89. The number of hydrogen-bond donors (Lipinski definition) is 1. The molecule has 0 radical (unpaired) electrons. The molecule has 0 amide bonds. The van der Waals surface area contributed by atoms with Gasteiger partial charge in [0.15, 0.2) is 5.75 Å². The van der Waals surface area contributed by atoms with Crippen molar-refractivity contribution in [2.24, 2.45) is 5.92 Å². The number of nitro groups is 1. The fourth-order valence-electron chi connectivity index (χ4n) is 0.951. The summed E-state index contributed by atoms with van der Waals surface area (Å²) in [5.41, 5.74) is 5.57. The number of rotatable bonds is 3. The Balaban J connectivity index is 2.99. The molecular formula is C10H12N2O4. The van der Waals surface area contributed by atoms with E-state index < -0.39 is 10.9 Å². The summed E-state index contributed by atoms with van der Waals surface area (Å²) in [7, 11) is 0. The Morgan fingerprint density at radius 3 is 2.62 bits per heavy atom. The first-order valence-corrected chi connectivity index (χ1v) is 4.67. The van der Waals surface area contributed by atoms with Crippen LogP contribution in [0.5, 0.6) is 5.75 Å². The van der Waals surface area contributed by atoms with Crippen molar-refractivity contribution in [1.82, 2.24) is 0 Å². The second-order valence-corrected chi connectivity index (χ2v) is 3.56. The third-order valence-corrected chi connectivity index (χ3v) is 1.89. The number of hydrogen-bond acceptors (Lipinski definition) is 5. The van der Waals surface area contributed by atoms with Gasteiger partial charge in [-0.25, -0.2) is 0 Å². The van der Waals surface area contributed by atoms with Crippen molar-refractivity contribution in [2.45, 2.75) is 13.8 Å². The van der Waals surface area contributed by atoms with Crippen LogP contribution in [0.1, 0.15) is 13.8 Å². The smallest absolute Gasteiger partial charge is 0.313 e. The molecule has 0 aromatic heterocycles. The van der Waals surface area contributed by atoms with Gasteiger partial charge in [0, 0.05) is 6.07 Å². The average Bonchev–Trinajstić information content (AvgIpc) is 2.20. The summed E-state index contributed by atoms with van der Waals surface area (Å²) in [5, 5.41) is 10.5. The summed E-state index contributed by atoms with van der Waals surface area (Å²) in [6.07, 6.45) is 0. The zero-order chi connectivity index (χ0) is 12.3. The molecule has 0 heterocycles. The Kier molecular flexibility index (Phi) is 3.44. The van der Waals surface area contributed by atoms with E-state index in [2.05, 4.69) is 0 Å². The van der Waals surface area contributed by atoms with Gasteiger partial charge >= 0.3 is 5.97 Å². The molecule has 1 aromatic carbocycles. The van der Waals surface area contributed by atoms with E-state index in [1.807, 2.05) is 0 Å². The van der Waals surface area contributed by atoms with E-state index in [1.54, 1.807) is 13.8 Å². The van der Waals surface area contributed by atoms with Gasteiger partial charge in [-0.3, -0.25) is 14.9 Å². The van der Waals surface area contributed by atoms with Crippen LogP contribution in [0, 0.1) is 16.0 Å². The number of nitrogens with zero attached hydrogens (tertiary/aromatic N) is 1. The molecule has 1 rings (SSSR count). The highest BCUT2D eigenvalue weighted by Crippen LogP contribution is 2.27. The molecule has 86 valence electrons. The number of esters is 1. The van der Waals surface area contributed by atoms with E-state index in [0.29, 0.717) is 0 Å². The van der Waals surface area contributed by atoms with Crippen molar-refractivity contribution in [3.05, 3.63) is 28.3 Å². The largest absolute Gasteiger partial charge is 0.424 e. The lowest BCUT2D eigenvalue weighted by atomic mass is 10.2. The molecule has 0 bridgehead atoms. The van der Waals surface area contributed by atoms with Crippen LogP contribution in [0.15, 0.2) is 18.2 Å². The van der Waals surface area contributed by atoms with Crippen molar-refractivity contribution < 1.29 is 14.5 Å². The third kappa shape index (κ3) is 2.69. The number of benzene rings is 1. The molecule has 1 aromatic rings. The molecule has 6 nitrogen and oxygen atoms in total. The van der Waals surface area contributed by atoms with Crippen LogP contribution in [0.4, 0.5) is 11.4 Å². The predicted octanol–water partition coefficient (Wildman–Crippen LogP) is 1.74. The van der Waals surface area contributed by atoms with Crippen LogP contribution in [0.3, 0.4) is 0 Å². The maximum atomic E-state index is 11.3. The number of nitrogen functional groups attached to an aromatic ring is 1. The number of nitro benzene ring substituents is 1. The molecule has 0 saturated carbocycles. The molecule has 0 fully saturated rings. The van der Waals surface area contributed by atoms with Gasteiger partial charge in [0.2, 0.25) is 0 Å². The quantitative estimate of drug-likeness (QED) is 0.277. The number of anilines is 1. The summed E-state index contributed by atoms with van der Waals surface area (Å²) in [6, 6.07) is 3.72. The highest BCUT2D eigenvalue weighted by molar-refractivity contribution is 5.76. The molecule has 2 N–H and O–H groups in total. The van der Waals surface area contributed by atoms with Gasteiger partial charge in [-0.05, 0) is 6.07 Å². The van der Waals surface area contributed by atoms with Gasteiger partial charge < -0.3 is 10.5 Å². The molecule has 0 aliphatic rings. The van der Waals surface area contributed by atoms with E-state index in [9.17, 15) is 14.9 Å². The minimum Gasteiger partial charge on any atom is -0.424 e. The molecule has 0 aliphatic heterocycles. The number of carbonyl (C=O) groups excluding carboxylic acids is 1. The molecular weight excluding hydrogens is 212 g/mol. The van der Waals surface area contributed by atoms with E-state index in [-0.39, 0.29) is 23.0 Å². The Morgan fingerprint density at radius 2 is 2.12 bits per heavy atom. The highest BCUT2D eigenvalue weighted by atomic mass is 16.6. The first-order chi connectivity index (χ1) is 7.41. The number of non-ortho nitro benzene ring substituents is 1. The summed E-state index contributed by atoms with van der Waals surface area (Å²) >= 11 is 0. The van der Waals surface area contributed by atoms with Gasteiger partial charge in [-0.15, -0.1) is 0 Å². The summed E-state index contributed by atoms with van der Waals surface area (Å²) in [4.78, 5) is 21.2. The molecule has 16 heavy (non-hydrogen) atoms. The first-order valence-electron chi connectivity index (χ1n) is 4.67. The molecule has 0 atom stereocenters. The van der Waals surface area contributed by atoms with Crippen LogP contribution < -0.4 is 10.5 Å². The van der Waals surface area contributed by atoms with E-state index in [0.717, 1.165) is 6.07 Å². The molecule has 6 heteroatoms. The maximum absolute atomic E-state index is 11.3. The SMILES string of the molecule is CC(C)C(=O)Oc1cc([N+](=O)[O-])ccc1N. The lowest BCUT2D eigenvalue weighted by molar-refractivity contribution is -0.384. The summed E-state index contributed by atoms with van der Waals surface area (Å²) in [5.74, 6) is -0.779. The Bertz CT molecular complexity index is 429. The number of carbonyl (C=O) groups is 1. The van der Waals surface area contributed by atoms with E-state index in [1.165, 1.54) is 12.1 Å². The lowest BCUT2D eigenvalue weighted by Gasteiger charge is -2.08. The lowest BCUT2D eigenvalue weighted by Crippen LogP contribution is -2.15. The van der Waals surface area contributed by atoms with Gasteiger partial charge in [-0.1, -0.05) is 13.8 Å². The van der Waals surface area contributed by atoms with Crippen LogP contribution in [0.2, 0.25) is 0 Å². The maximum Gasteiger partial charge on any atom is 0.313 e. The molecule has 0 spiro atoms. The molecule has 0 unspecified atom stereocenters. The van der Waals surface area contributed by atoms with Gasteiger partial charge in [-0.2, -0.15) is 0 Å². The van der Waals surface area contributed by atoms with Gasteiger partial charge in [0.25, 0.3) is 5.69 Å². The van der Waals surface area contributed by atoms with Gasteiger partial charge in [0.1, 0.15) is 0 Å². The highest BCUT2D eigenvalue weighted by Gasteiger charge is 2.15. The van der Waals surface area contributed by atoms with Crippen molar-refractivity contribution in [3.63, 3.8) is 0 Å². The van der Waals surface area contributed by atoms with E-state index >= 15 is 0 Å². The second-order valence-electron chi connectivity index (χ2n) is 3.56. The Hall–Kier alpha value is -2.11. The summed E-state index contributed by atoms with van der Waals surface area (Å²) < 4.78 is 4.93. The fraction of sp³-hybridized carbons (Fsp3) is 0.300. The Morgan fingerprint density at radius 1 is 1.50 bits per heavy atom. The standard InChI is InChI=1S/C10H12N2O4/c1-6(2)10(13)16-9-5-7(12(14)15)3-4-8(9)11/h3-6H,11H2,1-2H3. The monoisotopic (exact) mass is 224 g/mol. The predicted molar refractivity (Wildman–Crippen MR) is 58.0 cm³/mol.